The average molecular weight is 512 g/mol. The van der Waals surface area contributed by atoms with E-state index in [1.165, 1.54) is 57.0 Å². The summed E-state index contributed by atoms with van der Waals surface area (Å²) in [5.74, 6) is 0. The molecule has 0 aliphatic carbocycles. The number of halogens is 6. The van der Waals surface area contributed by atoms with Gasteiger partial charge in [-0.05, 0) is 33.6 Å². The third kappa shape index (κ3) is 11.5. The highest BCUT2D eigenvalue weighted by Gasteiger charge is 2.46. The normalized spacial score (nSPS) is 13.7. The van der Waals surface area contributed by atoms with Crippen molar-refractivity contribution in [2.24, 2.45) is 0 Å². The first-order valence-corrected chi connectivity index (χ1v) is 15.1. The van der Waals surface area contributed by atoms with Gasteiger partial charge in [0.2, 0.25) is 0 Å². The van der Waals surface area contributed by atoms with Crippen LogP contribution in [0.2, 0.25) is 0 Å². The Morgan fingerprint density at radius 1 is 0.633 bits per heavy atom. The molecule has 0 N–H and O–H groups in total. The fraction of sp³-hybridized carbons (Fsp3) is 1.00. The standard InChI is InChI=1S/C14H32P.C2F6NO4S2/c1-5-9-10-11-12-13-14-15(6-2,7-3)8-4;3-1(4,5)14(10,11)9-15(12,13)2(6,7)8/h5-14H2,1-4H3;/q+1;-1. The quantitative estimate of drug-likeness (QED) is 0.171. The highest BCUT2D eigenvalue weighted by Crippen LogP contribution is 2.58. The number of alkyl halides is 6. The van der Waals surface area contributed by atoms with E-state index in [0.29, 0.717) is 0 Å². The van der Waals surface area contributed by atoms with Crippen molar-refractivity contribution in [3.8, 4) is 0 Å². The lowest BCUT2D eigenvalue weighted by Crippen LogP contribution is -2.30. The summed E-state index contributed by atoms with van der Waals surface area (Å²) < 4.78 is 109. The molecule has 0 fully saturated rings. The van der Waals surface area contributed by atoms with Crippen molar-refractivity contribution in [3.05, 3.63) is 4.13 Å². The molecule has 0 heterocycles. The first-order chi connectivity index (χ1) is 13.4. The topological polar surface area (TPSA) is 82.4 Å². The predicted octanol–water partition coefficient (Wildman–Crippen LogP) is 6.48. The molecule has 0 aromatic heterocycles. The Morgan fingerprint density at radius 2 is 0.967 bits per heavy atom. The molecule has 0 saturated carbocycles. The summed E-state index contributed by atoms with van der Waals surface area (Å²) in [4.78, 5) is 0. The molecule has 30 heavy (non-hydrogen) atoms. The van der Waals surface area contributed by atoms with Gasteiger partial charge in [0, 0.05) is 7.26 Å². The highest BCUT2D eigenvalue weighted by molar-refractivity contribution is 8.13. The highest BCUT2D eigenvalue weighted by atomic mass is 32.3. The zero-order valence-electron chi connectivity index (χ0n) is 17.7. The maximum absolute atomic E-state index is 11.4. The molecule has 0 spiro atoms. The summed E-state index contributed by atoms with van der Waals surface area (Å²) >= 11 is 0. The zero-order chi connectivity index (χ0) is 24.3. The van der Waals surface area contributed by atoms with Crippen LogP contribution in [0.4, 0.5) is 26.3 Å². The minimum atomic E-state index is -6.72. The van der Waals surface area contributed by atoms with Crippen LogP contribution in [0.15, 0.2) is 0 Å². The Hall–Kier alpha value is -0.130. The number of unbranched alkanes of at least 4 members (excludes halogenated alkanes) is 5. The van der Waals surface area contributed by atoms with Crippen LogP contribution < -0.4 is 0 Å². The molecule has 0 rings (SSSR count). The SMILES string of the molecule is CCCCCCCC[P+](CC)(CC)CC.O=S(=O)([N-]S(=O)(=O)C(F)(F)F)C(F)(F)F. The van der Waals surface area contributed by atoms with E-state index < -0.39 is 38.3 Å². The van der Waals surface area contributed by atoms with Gasteiger partial charge in [-0.3, -0.25) is 0 Å². The van der Waals surface area contributed by atoms with Gasteiger partial charge in [-0.15, -0.1) is 0 Å². The minimum Gasteiger partial charge on any atom is -0.421 e. The zero-order valence-corrected chi connectivity index (χ0v) is 20.2. The summed E-state index contributed by atoms with van der Waals surface area (Å²) in [5.41, 5.74) is -12.4. The molecule has 0 atom stereocenters. The van der Waals surface area contributed by atoms with Gasteiger partial charge in [0.1, 0.15) is 0 Å². The number of hydrogen-bond donors (Lipinski definition) is 0. The molecule has 0 unspecified atom stereocenters. The second-order valence-corrected chi connectivity index (χ2v) is 15.1. The monoisotopic (exact) mass is 511 g/mol. The van der Waals surface area contributed by atoms with E-state index in [2.05, 4.69) is 27.7 Å². The van der Waals surface area contributed by atoms with Crippen molar-refractivity contribution in [2.45, 2.75) is 77.2 Å². The Morgan fingerprint density at radius 3 is 1.27 bits per heavy atom. The van der Waals surface area contributed by atoms with E-state index in [1.807, 2.05) is 0 Å². The first kappa shape index (κ1) is 32.1. The van der Waals surface area contributed by atoms with Crippen LogP contribution in [0.25, 0.3) is 4.13 Å². The summed E-state index contributed by atoms with van der Waals surface area (Å²) in [6, 6.07) is 0. The maximum atomic E-state index is 11.4. The number of sulfonamides is 2. The van der Waals surface area contributed by atoms with Gasteiger partial charge in [-0.25, -0.2) is 16.8 Å². The van der Waals surface area contributed by atoms with E-state index in [4.69, 9.17) is 0 Å². The average Bonchev–Trinajstić information content (AvgIpc) is 2.60. The van der Waals surface area contributed by atoms with Crippen molar-refractivity contribution in [1.82, 2.24) is 0 Å². The molecular weight excluding hydrogens is 479 g/mol. The van der Waals surface area contributed by atoms with E-state index >= 15 is 0 Å². The predicted molar refractivity (Wildman–Crippen MR) is 110 cm³/mol. The maximum Gasteiger partial charge on any atom is 0.480 e. The van der Waals surface area contributed by atoms with Crippen molar-refractivity contribution < 1.29 is 43.2 Å². The van der Waals surface area contributed by atoms with Gasteiger partial charge < -0.3 is 4.13 Å². The van der Waals surface area contributed by atoms with Crippen LogP contribution >= 0.6 is 7.26 Å². The second kappa shape index (κ2) is 13.4. The molecule has 14 heteroatoms. The Balaban J connectivity index is 0. The Bertz CT molecular complexity index is 625. The van der Waals surface area contributed by atoms with Gasteiger partial charge >= 0.3 is 11.0 Å². The number of hydrogen-bond acceptors (Lipinski definition) is 4. The Labute approximate surface area is 176 Å². The first-order valence-electron chi connectivity index (χ1n) is 9.67. The second-order valence-electron chi connectivity index (χ2n) is 6.70. The third-order valence-corrected chi connectivity index (χ3v) is 12.8. The molecule has 0 bridgehead atoms. The molecule has 0 saturated heterocycles. The lowest BCUT2D eigenvalue weighted by atomic mass is 10.1. The van der Waals surface area contributed by atoms with Crippen molar-refractivity contribution in [2.75, 3.05) is 24.6 Å². The van der Waals surface area contributed by atoms with E-state index in [9.17, 15) is 43.2 Å². The third-order valence-electron chi connectivity index (χ3n) is 4.78. The fourth-order valence-electron chi connectivity index (χ4n) is 2.59. The van der Waals surface area contributed by atoms with E-state index in [-0.39, 0.29) is 0 Å². The van der Waals surface area contributed by atoms with Crippen LogP contribution in [-0.4, -0.2) is 52.5 Å². The molecule has 5 nitrogen and oxygen atoms in total. The lowest BCUT2D eigenvalue weighted by molar-refractivity contribution is -0.0444. The fourth-order valence-corrected chi connectivity index (χ4v) is 7.48. The number of nitrogens with zero attached hydrogens (tertiary/aromatic N) is 1. The van der Waals surface area contributed by atoms with Crippen LogP contribution in [0, 0.1) is 0 Å². The molecular formula is C16H32F6NO4PS2. The van der Waals surface area contributed by atoms with E-state index in [1.54, 1.807) is 6.16 Å². The van der Waals surface area contributed by atoms with Gasteiger partial charge in [0.25, 0.3) is 0 Å². The Kier molecular flexibility index (Phi) is 14.3. The van der Waals surface area contributed by atoms with Gasteiger partial charge in [0.05, 0.1) is 24.6 Å². The largest absolute Gasteiger partial charge is 0.480 e. The molecule has 184 valence electrons. The minimum absolute atomic E-state index is 0.494. The van der Waals surface area contributed by atoms with Crippen LogP contribution in [0.3, 0.4) is 0 Å². The molecule has 0 aromatic rings. The van der Waals surface area contributed by atoms with Crippen LogP contribution in [0.1, 0.15) is 66.2 Å². The van der Waals surface area contributed by atoms with Gasteiger partial charge in [-0.1, -0.05) is 32.6 Å². The van der Waals surface area contributed by atoms with Crippen molar-refractivity contribution >= 4 is 27.3 Å². The summed E-state index contributed by atoms with van der Waals surface area (Å²) in [5, 5.41) is 0. The summed E-state index contributed by atoms with van der Waals surface area (Å²) in [6.45, 7) is 9.54. The lowest BCUT2D eigenvalue weighted by Gasteiger charge is -2.23. The van der Waals surface area contributed by atoms with Crippen LogP contribution in [0.5, 0.6) is 0 Å². The van der Waals surface area contributed by atoms with Crippen LogP contribution in [-0.2, 0) is 20.0 Å². The molecule has 0 amide bonds. The molecule has 0 aromatic carbocycles. The van der Waals surface area contributed by atoms with Gasteiger partial charge in [0.15, 0.2) is 20.0 Å². The van der Waals surface area contributed by atoms with Crippen molar-refractivity contribution in [1.29, 1.82) is 0 Å². The number of rotatable bonds is 12. The summed E-state index contributed by atoms with van der Waals surface area (Å²) in [6.07, 6.45) is 14.8. The van der Waals surface area contributed by atoms with Gasteiger partial charge in [-0.2, -0.15) is 26.3 Å². The molecule has 0 aliphatic rings. The van der Waals surface area contributed by atoms with E-state index in [0.717, 1.165) is 4.13 Å². The summed E-state index contributed by atoms with van der Waals surface area (Å²) in [7, 11) is -13.9. The smallest absolute Gasteiger partial charge is 0.421 e. The van der Waals surface area contributed by atoms with Crippen molar-refractivity contribution in [3.63, 3.8) is 0 Å². The molecule has 0 aliphatic heterocycles. The molecule has 0 radical (unpaired) electrons.